The summed E-state index contributed by atoms with van der Waals surface area (Å²) >= 11 is 1.54. The summed E-state index contributed by atoms with van der Waals surface area (Å²) in [4.78, 5) is 15.4. The lowest BCUT2D eigenvalue weighted by atomic mass is 9.95. The number of thiophene rings is 1. The number of aromatic nitrogens is 2. The van der Waals surface area contributed by atoms with Gasteiger partial charge in [-0.3, -0.25) is 9.89 Å². The van der Waals surface area contributed by atoms with Gasteiger partial charge in [-0.05, 0) is 42.8 Å². The van der Waals surface area contributed by atoms with Crippen LogP contribution in [0, 0.1) is 6.92 Å². The van der Waals surface area contributed by atoms with E-state index >= 15 is 0 Å². The molecule has 4 nitrogen and oxygen atoms in total. The zero-order valence-electron chi connectivity index (χ0n) is 10.9. The monoisotopic (exact) mass is 275 g/mol. The second kappa shape index (κ2) is 5.17. The second-order valence-electron chi connectivity index (χ2n) is 5.04. The lowest BCUT2D eigenvalue weighted by Crippen LogP contribution is -2.39. The third-order valence-electron chi connectivity index (χ3n) is 3.73. The van der Waals surface area contributed by atoms with E-state index in [4.69, 9.17) is 0 Å². The molecule has 1 N–H and O–H groups in total. The topological polar surface area (TPSA) is 49.0 Å². The zero-order valence-corrected chi connectivity index (χ0v) is 11.7. The summed E-state index contributed by atoms with van der Waals surface area (Å²) < 4.78 is 0. The molecule has 0 radical (unpaired) electrons. The molecule has 2 aromatic heterocycles. The lowest BCUT2D eigenvalue weighted by molar-refractivity contribution is 0.0710. The van der Waals surface area contributed by atoms with Gasteiger partial charge in [0.05, 0.1) is 4.88 Å². The average molecular weight is 275 g/mol. The molecule has 2 aromatic rings. The quantitative estimate of drug-likeness (QED) is 0.916. The first-order valence-electron chi connectivity index (χ1n) is 6.58. The normalized spacial score (nSPS) is 19.6. The van der Waals surface area contributed by atoms with Gasteiger partial charge in [0.1, 0.15) is 0 Å². The predicted molar refractivity (Wildman–Crippen MR) is 75.5 cm³/mol. The summed E-state index contributed by atoms with van der Waals surface area (Å²) in [5, 5.41) is 9.02. The Hall–Kier alpha value is -1.62. The molecule has 0 spiro atoms. The summed E-state index contributed by atoms with van der Waals surface area (Å²) in [6, 6.07) is 4.02. The van der Waals surface area contributed by atoms with Crippen LogP contribution in [0.5, 0.6) is 0 Å². The van der Waals surface area contributed by atoms with Crippen molar-refractivity contribution in [2.24, 2.45) is 0 Å². The van der Waals surface area contributed by atoms with Crippen LogP contribution in [-0.2, 0) is 0 Å². The zero-order chi connectivity index (χ0) is 13.2. The fraction of sp³-hybridized carbons (Fsp3) is 0.429. The van der Waals surface area contributed by atoms with Crippen LogP contribution in [0.3, 0.4) is 0 Å². The Bertz CT molecular complexity index is 561. The average Bonchev–Trinajstić information content (AvgIpc) is 3.09. The summed E-state index contributed by atoms with van der Waals surface area (Å²) in [5.74, 6) is 0.567. The number of carbonyl (C=O) groups excluding carboxylic acids is 1. The van der Waals surface area contributed by atoms with Crippen molar-refractivity contribution >= 4 is 17.2 Å². The molecule has 3 rings (SSSR count). The van der Waals surface area contributed by atoms with E-state index in [0.29, 0.717) is 5.92 Å². The maximum Gasteiger partial charge on any atom is 0.264 e. The molecule has 0 saturated carbocycles. The van der Waals surface area contributed by atoms with Gasteiger partial charge in [0, 0.05) is 30.9 Å². The molecular formula is C14H17N3OS. The second-order valence-corrected chi connectivity index (χ2v) is 5.95. The molecule has 0 unspecified atom stereocenters. The Balaban J connectivity index is 1.75. The number of carbonyl (C=O) groups is 1. The molecule has 0 bridgehead atoms. The van der Waals surface area contributed by atoms with Crippen molar-refractivity contribution < 1.29 is 4.79 Å². The molecule has 1 aliphatic rings. The van der Waals surface area contributed by atoms with Crippen LogP contribution in [0.15, 0.2) is 23.7 Å². The number of H-pyrrole nitrogens is 1. The van der Waals surface area contributed by atoms with Crippen LogP contribution >= 0.6 is 11.3 Å². The van der Waals surface area contributed by atoms with Crippen LogP contribution < -0.4 is 0 Å². The first-order valence-corrected chi connectivity index (χ1v) is 7.46. The van der Waals surface area contributed by atoms with E-state index in [-0.39, 0.29) is 5.91 Å². The first kappa shape index (κ1) is 12.4. The van der Waals surface area contributed by atoms with Crippen LogP contribution in [0.25, 0.3) is 0 Å². The van der Waals surface area contributed by atoms with E-state index in [1.165, 1.54) is 11.3 Å². The number of nitrogens with one attached hydrogen (secondary N) is 1. The Kier molecular flexibility index (Phi) is 3.38. The number of aromatic amines is 1. The van der Waals surface area contributed by atoms with Crippen LogP contribution in [0.1, 0.15) is 39.7 Å². The number of amides is 1. The SMILES string of the molecule is Cc1ccsc1C(=O)N1CCC[C@@H](c2ccn[nH]2)C1. The number of rotatable bonds is 2. The third-order valence-corrected chi connectivity index (χ3v) is 4.73. The van der Waals surface area contributed by atoms with Gasteiger partial charge in [0.15, 0.2) is 0 Å². The van der Waals surface area contributed by atoms with Gasteiger partial charge in [-0.1, -0.05) is 0 Å². The highest BCUT2D eigenvalue weighted by Gasteiger charge is 2.27. The molecule has 100 valence electrons. The highest BCUT2D eigenvalue weighted by atomic mass is 32.1. The Labute approximate surface area is 116 Å². The minimum Gasteiger partial charge on any atom is -0.337 e. The van der Waals surface area contributed by atoms with Crippen molar-refractivity contribution in [1.82, 2.24) is 15.1 Å². The molecule has 1 amide bonds. The highest BCUT2D eigenvalue weighted by Crippen LogP contribution is 2.27. The lowest BCUT2D eigenvalue weighted by Gasteiger charge is -2.32. The van der Waals surface area contributed by atoms with Gasteiger partial charge in [-0.25, -0.2) is 0 Å². The largest absolute Gasteiger partial charge is 0.337 e. The number of hydrogen-bond donors (Lipinski definition) is 1. The molecule has 0 aliphatic carbocycles. The summed E-state index contributed by atoms with van der Waals surface area (Å²) in [6.07, 6.45) is 3.95. The van der Waals surface area contributed by atoms with E-state index in [9.17, 15) is 4.79 Å². The van der Waals surface area contributed by atoms with Gasteiger partial charge in [-0.15, -0.1) is 11.3 Å². The Morgan fingerprint density at radius 1 is 1.53 bits per heavy atom. The van der Waals surface area contributed by atoms with Crippen molar-refractivity contribution in [3.63, 3.8) is 0 Å². The van der Waals surface area contributed by atoms with Crippen LogP contribution in [0.2, 0.25) is 0 Å². The predicted octanol–water partition coefficient (Wildman–Crippen LogP) is 2.80. The van der Waals surface area contributed by atoms with E-state index in [2.05, 4.69) is 10.2 Å². The Morgan fingerprint density at radius 3 is 3.11 bits per heavy atom. The van der Waals surface area contributed by atoms with Gasteiger partial charge in [0.25, 0.3) is 5.91 Å². The molecule has 3 heterocycles. The fourth-order valence-corrected chi connectivity index (χ4v) is 3.54. The van der Waals surface area contributed by atoms with E-state index in [0.717, 1.165) is 42.1 Å². The Morgan fingerprint density at radius 2 is 2.42 bits per heavy atom. The molecular weight excluding hydrogens is 258 g/mol. The minimum atomic E-state index is 0.178. The van der Waals surface area contributed by atoms with Crippen molar-refractivity contribution in [2.75, 3.05) is 13.1 Å². The number of aryl methyl sites for hydroxylation is 1. The van der Waals surface area contributed by atoms with E-state index in [1.54, 1.807) is 6.20 Å². The summed E-state index contributed by atoms with van der Waals surface area (Å²) in [6.45, 7) is 3.65. The minimum absolute atomic E-state index is 0.178. The van der Waals surface area contributed by atoms with E-state index in [1.807, 2.05) is 29.3 Å². The standard InChI is InChI=1S/C14H17N3OS/c1-10-5-8-19-13(10)14(18)17-7-2-3-11(9-17)12-4-6-15-16-12/h4-6,8,11H,2-3,7,9H2,1H3,(H,15,16)/t11-/m1/s1. The third kappa shape index (κ3) is 2.42. The van der Waals surface area contributed by atoms with Crippen molar-refractivity contribution in [3.05, 3.63) is 39.8 Å². The smallest absolute Gasteiger partial charge is 0.264 e. The van der Waals surface area contributed by atoms with Gasteiger partial charge in [-0.2, -0.15) is 5.10 Å². The molecule has 19 heavy (non-hydrogen) atoms. The maximum atomic E-state index is 12.5. The molecule has 1 atom stereocenters. The van der Waals surface area contributed by atoms with Crippen molar-refractivity contribution in [2.45, 2.75) is 25.7 Å². The molecule has 5 heteroatoms. The molecule has 0 aromatic carbocycles. The first-order chi connectivity index (χ1) is 9.25. The fourth-order valence-electron chi connectivity index (χ4n) is 2.64. The number of nitrogens with zero attached hydrogens (tertiary/aromatic N) is 2. The van der Waals surface area contributed by atoms with Gasteiger partial charge >= 0.3 is 0 Å². The highest BCUT2D eigenvalue weighted by molar-refractivity contribution is 7.12. The maximum absolute atomic E-state index is 12.5. The van der Waals surface area contributed by atoms with Crippen molar-refractivity contribution in [3.8, 4) is 0 Å². The van der Waals surface area contributed by atoms with Crippen molar-refractivity contribution in [1.29, 1.82) is 0 Å². The van der Waals surface area contributed by atoms with E-state index < -0.39 is 0 Å². The molecule has 1 fully saturated rings. The van der Waals surface area contributed by atoms with Gasteiger partial charge < -0.3 is 4.90 Å². The van der Waals surface area contributed by atoms with Gasteiger partial charge in [0.2, 0.25) is 0 Å². The number of hydrogen-bond acceptors (Lipinski definition) is 3. The number of piperidine rings is 1. The summed E-state index contributed by atoms with van der Waals surface area (Å²) in [7, 11) is 0. The number of likely N-dealkylation sites (tertiary alicyclic amines) is 1. The van der Waals surface area contributed by atoms with Crippen LogP contribution in [0.4, 0.5) is 0 Å². The molecule has 1 saturated heterocycles. The molecule has 1 aliphatic heterocycles. The summed E-state index contributed by atoms with van der Waals surface area (Å²) in [5.41, 5.74) is 2.22. The van der Waals surface area contributed by atoms with Crippen LogP contribution in [-0.4, -0.2) is 34.1 Å².